The number of ketones is 1. The van der Waals surface area contributed by atoms with Gasteiger partial charge in [0.1, 0.15) is 5.75 Å². The number of carbonyl (C=O) groups is 1. The van der Waals surface area contributed by atoms with Crippen molar-refractivity contribution in [2.45, 2.75) is 34.1 Å². The molecule has 0 fully saturated rings. The molecular formula is C14H20O2. The van der Waals surface area contributed by atoms with Crippen LogP contribution in [-0.2, 0) is 0 Å². The monoisotopic (exact) mass is 220 g/mol. The molecule has 2 nitrogen and oxygen atoms in total. The van der Waals surface area contributed by atoms with Crippen LogP contribution in [0.2, 0.25) is 0 Å². The van der Waals surface area contributed by atoms with Gasteiger partial charge in [-0.15, -0.1) is 0 Å². The Morgan fingerprint density at radius 3 is 2.44 bits per heavy atom. The van der Waals surface area contributed by atoms with Crippen LogP contribution in [0.1, 0.15) is 43.1 Å². The van der Waals surface area contributed by atoms with Crippen LogP contribution >= 0.6 is 0 Å². The van der Waals surface area contributed by atoms with Gasteiger partial charge in [-0.1, -0.05) is 32.4 Å². The Morgan fingerprint density at radius 1 is 1.31 bits per heavy atom. The molecule has 0 spiro atoms. The van der Waals surface area contributed by atoms with Gasteiger partial charge in [-0.25, -0.2) is 0 Å². The van der Waals surface area contributed by atoms with E-state index >= 15 is 0 Å². The number of hydrogen-bond donors (Lipinski definition) is 0. The molecule has 0 unspecified atom stereocenters. The standard InChI is InChI=1S/C14H20O2/c1-10-6-7-13(16-5)11(8-10)12(15)9-14(2,3)4/h6-8H,9H2,1-5H3. The Morgan fingerprint density at radius 2 is 1.94 bits per heavy atom. The van der Waals surface area contributed by atoms with Gasteiger partial charge in [0.2, 0.25) is 0 Å². The maximum absolute atomic E-state index is 12.1. The Kier molecular flexibility index (Phi) is 3.74. The zero-order chi connectivity index (χ0) is 12.3. The van der Waals surface area contributed by atoms with Crippen LogP contribution in [0.4, 0.5) is 0 Å². The van der Waals surface area contributed by atoms with Crippen LogP contribution in [-0.4, -0.2) is 12.9 Å². The summed E-state index contributed by atoms with van der Waals surface area (Å²) in [5.74, 6) is 0.813. The lowest BCUT2D eigenvalue weighted by atomic mass is 9.87. The van der Waals surface area contributed by atoms with Gasteiger partial charge in [-0.3, -0.25) is 4.79 Å². The molecule has 0 N–H and O–H groups in total. The third-order valence-corrected chi connectivity index (χ3v) is 2.35. The van der Waals surface area contributed by atoms with Crippen molar-refractivity contribution in [3.63, 3.8) is 0 Å². The Bertz CT molecular complexity index is 386. The average Bonchev–Trinajstić information content (AvgIpc) is 2.15. The molecule has 0 aromatic heterocycles. The van der Waals surface area contributed by atoms with Gasteiger partial charge in [-0.2, -0.15) is 0 Å². The van der Waals surface area contributed by atoms with E-state index in [4.69, 9.17) is 4.74 Å². The molecule has 0 aliphatic heterocycles. The van der Waals surface area contributed by atoms with E-state index in [1.165, 1.54) is 0 Å². The molecule has 16 heavy (non-hydrogen) atoms. The maximum atomic E-state index is 12.1. The Labute approximate surface area is 97.6 Å². The highest BCUT2D eigenvalue weighted by atomic mass is 16.5. The Hall–Kier alpha value is -1.31. The first-order valence-electron chi connectivity index (χ1n) is 5.51. The molecule has 0 bridgehead atoms. The normalized spacial score (nSPS) is 11.3. The van der Waals surface area contributed by atoms with Gasteiger partial charge in [0.15, 0.2) is 5.78 Å². The fourth-order valence-electron chi connectivity index (χ4n) is 1.62. The second kappa shape index (κ2) is 4.69. The molecular weight excluding hydrogens is 200 g/mol. The average molecular weight is 220 g/mol. The number of rotatable bonds is 3. The number of aryl methyl sites for hydroxylation is 1. The van der Waals surface area contributed by atoms with Gasteiger partial charge in [0, 0.05) is 6.42 Å². The van der Waals surface area contributed by atoms with E-state index in [0.29, 0.717) is 17.7 Å². The smallest absolute Gasteiger partial charge is 0.167 e. The number of hydrogen-bond acceptors (Lipinski definition) is 2. The van der Waals surface area contributed by atoms with E-state index in [1.807, 2.05) is 25.1 Å². The largest absolute Gasteiger partial charge is 0.496 e. The van der Waals surface area contributed by atoms with Crippen molar-refractivity contribution in [1.29, 1.82) is 0 Å². The van der Waals surface area contributed by atoms with E-state index in [1.54, 1.807) is 7.11 Å². The van der Waals surface area contributed by atoms with Crippen LogP contribution in [0, 0.1) is 12.3 Å². The lowest BCUT2D eigenvalue weighted by Crippen LogP contribution is -2.14. The summed E-state index contributed by atoms with van der Waals surface area (Å²) in [5, 5.41) is 0. The number of Topliss-reactive ketones (excluding diaryl/α,β-unsaturated/α-hetero) is 1. The molecule has 0 amide bonds. The maximum Gasteiger partial charge on any atom is 0.167 e. The number of benzene rings is 1. The molecule has 0 radical (unpaired) electrons. The van der Waals surface area contributed by atoms with E-state index < -0.39 is 0 Å². The van der Waals surface area contributed by atoms with Gasteiger partial charge in [-0.05, 0) is 24.5 Å². The lowest BCUT2D eigenvalue weighted by molar-refractivity contribution is 0.0937. The summed E-state index contributed by atoms with van der Waals surface area (Å²) in [6.07, 6.45) is 0.535. The van der Waals surface area contributed by atoms with Crippen molar-refractivity contribution < 1.29 is 9.53 Å². The van der Waals surface area contributed by atoms with Crippen LogP contribution in [0.3, 0.4) is 0 Å². The van der Waals surface area contributed by atoms with Crippen molar-refractivity contribution >= 4 is 5.78 Å². The summed E-state index contributed by atoms with van der Waals surface area (Å²) in [6, 6.07) is 5.70. The van der Waals surface area contributed by atoms with Crippen molar-refractivity contribution in [2.24, 2.45) is 5.41 Å². The number of carbonyl (C=O) groups excluding carboxylic acids is 1. The minimum atomic E-state index is 0.00579. The second-order valence-electron chi connectivity index (χ2n) is 5.36. The Balaban J connectivity index is 3.02. The third-order valence-electron chi connectivity index (χ3n) is 2.35. The van der Waals surface area contributed by atoms with Crippen LogP contribution in [0.15, 0.2) is 18.2 Å². The van der Waals surface area contributed by atoms with E-state index in [0.717, 1.165) is 5.56 Å². The van der Waals surface area contributed by atoms with Crippen molar-refractivity contribution in [3.05, 3.63) is 29.3 Å². The summed E-state index contributed by atoms with van der Waals surface area (Å²) in [6.45, 7) is 8.17. The summed E-state index contributed by atoms with van der Waals surface area (Å²) in [5.41, 5.74) is 1.78. The van der Waals surface area contributed by atoms with E-state index in [9.17, 15) is 4.79 Å². The molecule has 0 saturated carbocycles. The fourth-order valence-corrected chi connectivity index (χ4v) is 1.62. The summed E-state index contributed by atoms with van der Waals surface area (Å²) in [7, 11) is 1.60. The first kappa shape index (κ1) is 12.8. The molecule has 0 atom stereocenters. The van der Waals surface area contributed by atoms with Gasteiger partial charge in [0.25, 0.3) is 0 Å². The first-order valence-corrected chi connectivity index (χ1v) is 5.51. The summed E-state index contributed by atoms with van der Waals surface area (Å²) in [4.78, 5) is 12.1. The quantitative estimate of drug-likeness (QED) is 0.727. The fraction of sp³-hybridized carbons (Fsp3) is 0.500. The first-order chi connectivity index (χ1) is 7.33. The summed E-state index contributed by atoms with van der Waals surface area (Å²) < 4.78 is 5.22. The van der Waals surface area contributed by atoms with E-state index in [2.05, 4.69) is 20.8 Å². The van der Waals surface area contributed by atoms with Gasteiger partial charge in [0.05, 0.1) is 12.7 Å². The number of ether oxygens (including phenoxy) is 1. The third kappa shape index (κ3) is 3.37. The predicted molar refractivity (Wildman–Crippen MR) is 66.1 cm³/mol. The van der Waals surface area contributed by atoms with Gasteiger partial charge < -0.3 is 4.74 Å². The molecule has 1 aromatic carbocycles. The second-order valence-corrected chi connectivity index (χ2v) is 5.36. The van der Waals surface area contributed by atoms with Crippen molar-refractivity contribution in [3.8, 4) is 5.75 Å². The molecule has 0 aliphatic rings. The molecule has 0 aliphatic carbocycles. The zero-order valence-electron chi connectivity index (χ0n) is 10.8. The number of methoxy groups -OCH3 is 1. The summed E-state index contributed by atoms with van der Waals surface area (Å²) >= 11 is 0. The van der Waals surface area contributed by atoms with Crippen LogP contribution in [0.25, 0.3) is 0 Å². The molecule has 88 valence electrons. The molecule has 1 aromatic rings. The highest BCUT2D eigenvalue weighted by Gasteiger charge is 2.20. The van der Waals surface area contributed by atoms with Crippen LogP contribution in [0.5, 0.6) is 5.75 Å². The minimum Gasteiger partial charge on any atom is -0.496 e. The molecule has 2 heteroatoms. The van der Waals surface area contributed by atoms with Crippen molar-refractivity contribution in [2.75, 3.05) is 7.11 Å². The zero-order valence-corrected chi connectivity index (χ0v) is 10.8. The predicted octanol–water partition coefficient (Wildman–Crippen LogP) is 3.62. The van der Waals surface area contributed by atoms with Gasteiger partial charge >= 0.3 is 0 Å². The van der Waals surface area contributed by atoms with Crippen LogP contribution < -0.4 is 4.74 Å². The highest BCUT2D eigenvalue weighted by Crippen LogP contribution is 2.26. The lowest BCUT2D eigenvalue weighted by Gasteiger charge is -2.18. The highest BCUT2D eigenvalue weighted by molar-refractivity contribution is 5.99. The topological polar surface area (TPSA) is 26.3 Å². The van der Waals surface area contributed by atoms with E-state index in [-0.39, 0.29) is 11.2 Å². The molecule has 0 saturated heterocycles. The van der Waals surface area contributed by atoms with Crippen molar-refractivity contribution in [1.82, 2.24) is 0 Å². The molecule has 0 heterocycles. The molecule has 1 rings (SSSR count). The SMILES string of the molecule is COc1ccc(C)cc1C(=O)CC(C)(C)C. The minimum absolute atomic E-state index is 0.00579.